The lowest BCUT2D eigenvalue weighted by molar-refractivity contribution is -0.0214. The lowest BCUT2D eigenvalue weighted by Gasteiger charge is -2.36. The number of allylic oxidation sites excluding steroid dienone is 1. The first-order chi connectivity index (χ1) is 13.1. The van der Waals surface area contributed by atoms with Crippen LogP contribution < -0.4 is 25.8 Å². The molecule has 3 N–H and O–H groups in total. The first-order valence-corrected chi connectivity index (χ1v) is 8.68. The quantitative estimate of drug-likeness (QED) is 0.747. The summed E-state index contributed by atoms with van der Waals surface area (Å²) in [6, 6.07) is 10.2. The first kappa shape index (κ1) is 16.2. The molecule has 3 aliphatic heterocycles. The van der Waals surface area contributed by atoms with Gasteiger partial charge in [0.05, 0.1) is 16.4 Å². The van der Waals surface area contributed by atoms with Crippen molar-refractivity contribution in [1.29, 1.82) is 0 Å². The summed E-state index contributed by atoms with van der Waals surface area (Å²) >= 11 is 5.79. The van der Waals surface area contributed by atoms with Crippen molar-refractivity contribution >= 4 is 34.9 Å². The minimum Gasteiger partial charge on any atom is -0.471 e. The molecule has 7 nitrogen and oxygen atoms in total. The van der Waals surface area contributed by atoms with Gasteiger partial charge in [-0.05, 0) is 43.3 Å². The molecular formula is C18H15ClFN5O2. The van der Waals surface area contributed by atoms with Crippen LogP contribution in [0.2, 0.25) is 5.02 Å². The van der Waals surface area contributed by atoms with Gasteiger partial charge in [-0.1, -0.05) is 11.6 Å². The highest BCUT2D eigenvalue weighted by Crippen LogP contribution is 2.42. The molecule has 0 radical (unpaired) electrons. The molecule has 0 aliphatic carbocycles. The van der Waals surface area contributed by atoms with Gasteiger partial charge in [0.2, 0.25) is 0 Å². The molecule has 2 aromatic carbocycles. The molecule has 0 aromatic heterocycles. The largest absolute Gasteiger partial charge is 0.471 e. The molecule has 1 fully saturated rings. The second kappa shape index (κ2) is 5.77. The van der Waals surface area contributed by atoms with Gasteiger partial charge in [0.1, 0.15) is 17.4 Å². The Morgan fingerprint density at radius 2 is 2.19 bits per heavy atom. The summed E-state index contributed by atoms with van der Waals surface area (Å²) in [6.45, 7) is 2.36. The van der Waals surface area contributed by atoms with Gasteiger partial charge < -0.3 is 15.4 Å². The maximum absolute atomic E-state index is 13.9. The average Bonchev–Trinajstić information content (AvgIpc) is 3.23. The molecule has 1 atom stereocenters. The number of aliphatic imine (C=N–C) groups is 1. The van der Waals surface area contributed by atoms with Crippen LogP contribution in [0.3, 0.4) is 0 Å². The van der Waals surface area contributed by atoms with Gasteiger partial charge in [0, 0.05) is 17.5 Å². The lowest BCUT2D eigenvalue weighted by Crippen LogP contribution is -2.51. The van der Waals surface area contributed by atoms with Gasteiger partial charge in [0.25, 0.3) is 0 Å². The van der Waals surface area contributed by atoms with E-state index in [1.54, 1.807) is 12.3 Å². The number of hydrogen-bond acceptors (Lipinski definition) is 7. The van der Waals surface area contributed by atoms with E-state index in [4.69, 9.17) is 21.2 Å². The summed E-state index contributed by atoms with van der Waals surface area (Å²) in [5, 5.41) is 6.37. The lowest BCUT2D eigenvalue weighted by atomic mass is 10.2. The molecule has 138 valence electrons. The molecule has 2 aromatic rings. The molecule has 0 saturated carbocycles. The standard InChI is InChI=1S/C18H15ClFN5O2/c1-10-8-22-18(23-11-2-4-13(19)14(20)6-11)25(17(10)24-27-18)12-3-5-16-15(7-12)21-9-26-16/h2-8,21,23-24H,9H2,1H3. The molecule has 0 amide bonds. The molecule has 5 rings (SSSR count). The van der Waals surface area contributed by atoms with Gasteiger partial charge >= 0.3 is 5.97 Å². The van der Waals surface area contributed by atoms with E-state index in [-0.39, 0.29) is 5.02 Å². The van der Waals surface area contributed by atoms with Gasteiger partial charge in [-0.15, -0.1) is 0 Å². The fourth-order valence-corrected chi connectivity index (χ4v) is 3.36. The smallest absolute Gasteiger partial charge is 0.351 e. The van der Waals surface area contributed by atoms with E-state index in [2.05, 4.69) is 21.1 Å². The Morgan fingerprint density at radius 1 is 1.30 bits per heavy atom. The summed E-state index contributed by atoms with van der Waals surface area (Å²) in [6.07, 6.45) is 1.71. The number of benzene rings is 2. The fourth-order valence-electron chi connectivity index (χ4n) is 3.24. The van der Waals surface area contributed by atoms with Crippen molar-refractivity contribution in [2.45, 2.75) is 12.9 Å². The first-order valence-electron chi connectivity index (χ1n) is 8.30. The topological polar surface area (TPSA) is 70.2 Å². The van der Waals surface area contributed by atoms with Crippen LogP contribution in [-0.2, 0) is 4.84 Å². The summed E-state index contributed by atoms with van der Waals surface area (Å²) in [4.78, 5) is 12.2. The van der Waals surface area contributed by atoms with E-state index in [1.165, 1.54) is 12.1 Å². The Bertz CT molecular complexity index is 1010. The predicted molar refractivity (Wildman–Crippen MR) is 101 cm³/mol. The van der Waals surface area contributed by atoms with Crippen LogP contribution in [0.1, 0.15) is 6.92 Å². The van der Waals surface area contributed by atoms with Gasteiger partial charge in [-0.2, -0.15) is 0 Å². The van der Waals surface area contributed by atoms with Crippen LogP contribution in [0.4, 0.5) is 21.5 Å². The second-order valence-corrected chi connectivity index (χ2v) is 6.74. The number of fused-ring (bicyclic) bond motifs is 3. The predicted octanol–water partition coefficient (Wildman–Crippen LogP) is 3.62. The zero-order valence-corrected chi connectivity index (χ0v) is 15.0. The number of nitrogens with zero attached hydrogens (tertiary/aromatic N) is 2. The second-order valence-electron chi connectivity index (χ2n) is 6.34. The molecule has 0 spiro atoms. The number of hydroxylamine groups is 1. The highest BCUT2D eigenvalue weighted by molar-refractivity contribution is 6.30. The van der Waals surface area contributed by atoms with Crippen molar-refractivity contribution in [2.24, 2.45) is 4.99 Å². The number of hydrogen-bond donors (Lipinski definition) is 3. The van der Waals surface area contributed by atoms with E-state index in [0.717, 1.165) is 28.5 Å². The zero-order valence-electron chi connectivity index (χ0n) is 14.2. The van der Waals surface area contributed by atoms with E-state index in [9.17, 15) is 4.39 Å². The highest BCUT2D eigenvalue weighted by atomic mass is 35.5. The third-order valence-electron chi connectivity index (χ3n) is 4.56. The Labute approximate surface area is 159 Å². The number of nitrogens with one attached hydrogen (secondary N) is 3. The van der Waals surface area contributed by atoms with E-state index < -0.39 is 11.8 Å². The molecule has 1 saturated heterocycles. The van der Waals surface area contributed by atoms with Crippen molar-refractivity contribution in [1.82, 2.24) is 5.48 Å². The van der Waals surface area contributed by atoms with Crippen LogP contribution in [-0.4, -0.2) is 18.9 Å². The van der Waals surface area contributed by atoms with Crippen LogP contribution in [0.15, 0.2) is 52.8 Å². The Hall–Kier alpha value is -2.97. The normalized spacial score (nSPS) is 22.3. The minimum atomic E-state index is -1.30. The Balaban J connectivity index is 1.57. The average molecular weight is 388 g/mol. The summed E-state index contributed by atoms with van der Waals surface area (Å²) in [5.74, 6) is -0.303. The van der Waals surface area contributed by atoms with E-state index in [0.29, 0.717) is 12.4 Å². The molecule has 3 heterocycles. The van der Waals surface area contributed by atoms with Crippen molar-refractivity contribution in [3.05, 3.63) is 58.6 Å². The molecule has 1 unspecified atom stereocenters. The van der Waals surface area contributed by atoms with Crippen LogP contribution in [0.5, 0.6) is 5.75 Å². The maximum Gasteiger partial charge on any atom is 0.351 e. The number of ether oxygens (including phenoxy) is 1. The van der Waals surface area contributed by atoms with Crippen LogP contribution in [0.25, 0.3) is 0 Å². The minimum absolute atomic E-state index is 0.0497. The number of rotatable bonds is 3. The Morgan fingerprint density at radius 3 is 3.04 bits per heavy atom. The third kappa shape index (κ3) is 2.48. The summed E-state index contributed by atoms with van der Waals surface area (Å²) < 4.78 is 19.4. The highest BCUT2D eigenvalue weighted by Gasteiger charge is 2.49. The van der Waals surface area contributed by atoms with Gasteiger partial charge in [0.15, 0.2) is 6.73 Å². The van der Waals surface area contributed by atoms with E-state index in [1.807, 2.05) is 30.0 Å². The zero-order chi connectivity index (χ0) is 18.6. The molecule has 2 bridgehead atoms. The molecule has 9 heteroatoms. The van der Waals surface area contributed by atoms with Crippen LogP contribution >= 0.6 is 11.6 Å². The molecule has 3 aliphatic rings. The molecule has 27 heavy (non-hydrogen) atoms. The van der Waals surface area contributed by atoms with Crippen LogP contribution in [0, 0.1) is 5.82 Å². The van der Waals surface area contributed by atoms with E-state index >= 15 is 0 Å². The van der Waals surface area contributed by atoms with Crippen molar-refractivity contribution in [2.75, 3.05) is 22.3 Å². The van der Waals surface area contributed by atoms with Gasteiger partial charge in [-0.3, -0.25) is 4.90 Å². The summed E-state index contributed by atoms with van der Waals surface area (Å²) in [5.41, 5.74) is 6.00. The summed E-state index contributed by atoms with van der Waals surface area (Å²) in [7, 11) is 0. The number of halogens is 2. The SMILES string of the molecule is CC1=C2NOC(Nc3ccc(Cl)c(F)c3)(N=C1)N2c1ccc2c(c1)NCO2. The van der Waals surface area contributed by atoms with Crippen molar-refractivity contribution < 1.29 is 14.0 Å². The Kier molecular flexibility index (Phi) is 3.46. The maximum atomic E-state index is 13.9. The fraction of sp³-hybridized carbons (Fsp3) is 0.167. The van der Waals surface area contributed by atoms with Crippen molar-refractivity contribution in [3.63, 3.8) is 0 Å². The van der Waals surface area contributed by atoms with Gasteiger partial charge in [-0.25, -0.2) is 19.7 Å². The molecular weight excluding hydrogens is 373 g/mol. The third-order valence-corrected chi connectivity index (χ3v) is 4.87. The monoisotopic (exact) mass is 387 g/mol. The van der Waals surface area contributed by atoms with Crippen molar-refractivity contribution in [3.8, 4) is 5.75 Å². The number of anilines is 3.